The Morgan fingerprint density at radius 2 is 1.75 bits per heavy atom. The fourth-order valence-electron chi connectivity index (χ4n) is 1.35. The number of hydrogen-bond acceptors (Lipinski definition) is 4. The summed E-state index contributed by atoms with van der Waals surface area (Å²) in [6.45, 7) is 1.31. The van der Waals surface area contributed by atoms with Crippen molar-refractivity contribution in [2.45, 2.75) is 31.2 Å². The number of rotatable bonds is 7. The number of hydroxylamine groups is 1. The Bertz CT molecular complexity index is 589. The highest BCUT2D eigenvalue weighted by Gasteiger charge is 2.80. The van der Waals surface area contributed by atoms with E-state index in [9.17, 15) is 40.3 Å². The van der Waals surface area contributed by atoms with Crippen LogP contribution < -0.4 is 9.80 Å². The van der Waals surface area contributed by atoms with Gasteiger partial charge in [-0.05, 0) is 6.92 Å². The van der Waals surface area contributed by atoms with E-state index in [1.54, 1.807) is 0 Å². The molecule has 0 saturated heterocycles. The van der Waals surface area contributed by atoms with Gasteiger partial charge in [0.1, 0.15) is 5.15 Å². The summed E-state index contributed by atoms with van der Waals surface area (Å²) in [5, 5.41) is 7.73. The molecule has 1 aromatic rings. The van der Waals surface area contributed by atoms with Gasteiger partial charge in [0.05, 0.1) is 6.61 Å². The molecule has 138 valence electrons. The maximum absolute atomic E-state index is 13.5. The highest BCUT2D eigenvalue weighted by molar-refractivity contribution is 6.29. The van der Waals surface area contributed by atoms with Gasteiger partial charge in [-0.15, -0.1) is 13.8 Å². The smallest absolute Gasteiger partial charge is 0.467 e. The quantitative estimate of drug-likeness (QED) is 0.337. The normalized spacial score (nSPS) is 14.8. The van der Waals surface area contributed by atoms with Crippen LogP contribution in [0.15, 0.2) is 6.07 Å². The minimum atomic E-state index is -6.71. The van der Waals surface area contributed by atoms with Crippen molar-refractivity contribution in [3.8, 4) is 5.88 Å². The Morgan fingerprint density at radius 1 is 1.21 bits per heavy atom. The average molecular weight is 390 g/mol. The minimum absolute atomic E-state index is 0.100. The summed E-state index contributed by atoms with van der Waals surface area (Å²) >= 11 is 5.35. The molecular formula is C10H8ClF8N3O2. The topological polar surface area (TPSA) is 62.5 Å². The predicted molar refractivity (Wildman–Crippen MR) is 63.0 cm³/mol. The maximum Gasteiger partial charge on any atom is 0.467 e. The van der Waals surface area contributed by atoms with Crippen molar-refractivity contribution in [3.05, 3.63) is 16.4 Å². The van der Waals surface area contributed by atoms with Crippen molar-refractivity contribution in [3.63, 3.8) is 0 Å². The van der Waals surface area contributed by atoms with Gasteiger partial charge in [-0.25, -0.2) is 13.8 Å². The molecule has 0 spiro atoms. The van der Waals surface area contributed by atoms with Crippen molar-refractivity contribution >= 4 is 17.5 Å². The molecule has 0 saturated carbocycles. The lowest BCUT2D eigenvalue weighted by Gasteiger charge is -2.36. The summed E-state index contributed by atoms with van der Waals surface area (Å²) in [6, 6.07) is -5.41. The molecular weight excluding hydrogens is 382 g/mol. The van der Waals surface area contributed by atoms with Gasteiger partial charge in [0.25, 0.3) is 0 Å². The number of nitrogens with zero attached hydrogens (tertiary/aromatic N) is 2. The predicted octanol–water partition coefficient (Wildman–Crippen LogP) is 2.67. The molecule has 1 atom stereocenters. The minimum Gasteiger partial charge on any atom is -0.622 e. The first-order valence-corrected chi connectivity index (χ1v) is 6.30. The molecule has 0 fully saturated rings. The number of halogens is 9. The Kier molecular flexibility index (Phi) is 5.83. The first kappa shape index (κ1) is 20.6. The third-order valence-corrected chi connectivity index (χ3v) is 2.73. The van der Waals surface area contributed by atoms with E-state index >= 15 is 0 Å². The second kappa shape index (κ2) is 6.80. The van der Waals surface area contributed by atoms with Crippen LogP contribution in [0.25, 0.3) is 0 Å². The molecule has 1 heterocycles. The van der Waals surface area contributed by atoms with Crippen LogP contribution in [0.5, 0.6) is 5.88 Å². The molecule has 0 aliphatic rings. The fraction of sp³-hybridized carbons (Fsp3) is 0.600. The molecule has 0 aliphatic heterocycles. The SMILES string of the molecule is CCOc1cc(Cl)nc([NH+]([O-])C(F)(F)C(F)(F)C(F)(F)C(F)F)n1. The van der Waals surface area contributed by atoms with E-state index in [1.807, 2.05) is 0 Å². The summed E-state index contributed by atoms with van der Waals surface area (Å²) in [5.41, 5.74) is 0. The van der Waals surface area contributed by atoms with Crippen molar-refractivity contribution in [1.29, 1.82) is 0 Å². The van der Waals surface area contributed by atoms with E-state index in [1.165, 1.54) is 6.92 Å². The van der Waals surface area contributed by atoms with E-state index in [0.29, 0.717) is 0 Å². The van der Waals surface area contributed by atoms with Gasteiger partial charge < -0.3 is 9.94 Å². The van der Waals surface area contributed by atoms with Crippen molar-refractivity contribution < 1.29 is 44.9 Å². The van der Waals surface area contributed by atoms with Crippen molar-refractivity contribution in [2.24, 2.45) is 0 Å². The number of hydrogen-bond donors (Lipinski definition) is 1. The first-order chi connectivity index (χ1) is 10.8. The highest BCUT2D eigenvalue weighted by Crippen LogP contribution is 2.46. The molecule has 1 rings (SSSR count). The number of nitrogens with one attached hydrogen (secondary N) is 1. The number of quaternary nitrogens is 1. The average Bonchev–Trinajstić information content (AvgIpc) is 2.45. The largest absolute Gasteiger partial charge is 0.622 e. The van der Waals surface area contributed by atoms with Crippen LogP contribution in [-0.4, -0.2) is 40.9 Å². The number of ether oxygens (including phenoxy) is 1. The Hall–Kier alpha value is -1.47. The maximum atomic E-state index is 13.5. The van der Waals surface area contributed by atoms with Crippen LogP contribution in [0, 0.1) is 5.21 Å². The van der Waals surface area contributed by atoms with Crippen molar-refractivity contribution in [2.75, 3.05) is 6.61 Å². The first-order valence-electron chi connectivity index (χ1n) is 5.92. The third kappa shape index (κ3) is 3.47. The zero-order valence-electron chi connectivity index (χ0n) is 11.5. The van der Waals surface area contributed by atoms with Gasteiger partial charge >= 0.3 is 30.3 Å². The molecule has 0 aromatic carbocycles. The lowest BCUT2D eigenvalue weighted by atomic mass is 10.1. The van der Waals surface area contributed by atoms with Gasteiger partial charge in [0.15, 0.2) is 0 Å². The fourth-order valence-corrected chi connectivity index (χ4v) is 1.52. The monoisotopic (exact) mass is 389 g/mol. The van der Waals surface area contributed by atoms with Crippen LogP contribution in [0.1, 0.15) is 6.92 Å². The van der Waals surface area contributed by atoms with E-state index in [2.05, 4.69) is 9.97 Å². The van der Waals surface area contributed by atoms with Crippen LogP contribution in [0.2, 0.25) is 5.15 Å². The Morgan fingerprint density at radius 3 is 2.21 bits per heavy atom. The lowest BCUT2D eigenvalue weighted by molar-refractivity contribution is -0.909. The molecule has 24 heavy (non-hydrogen) atoms. The van der Waals surface area contributed by atoms with E-state index < -0.39 is 46.4 Å². The molecule has 1 unspecified atom stereocenters. The third-order valence-electron chi connectivity index (χ3n) is 2.54. The zero-order chi connectivity index (χ0) is 18.9. The van der Waals surface area contributed by atoms with Gasteiger partial charge in [-0.2, -0.15) is 22.5 Å². The summed E-state index contributed by atoms with van der Waals surface area (Å²) in [7, 11) is 0. The molecule has 0 radical (unpaired) electrons. The molecule has 0 amide bonds. The van der Waals surface area contributed by atoms with E-state index in [-0.39, 0.29) is 6.61 Å². The summed E-state index contributed by atoms with van der Waals surface area (Å²) < 4.78 is 108. The number of alkyl halides is 8. The van der Waals surface area contributed by atoms with E-state index in [0.717, 1.165) is 6.07 Å². The highest BCUT2D eigenvalue weighted by atomic mass is 35.5. The molecule has 1 N–H and O–H groups in total. The Balaban J connectivity index is 3.32. The second-order valence-electron chi connectivity index (χ2n) is 4.19. The van der Waals surface area contributed by atoms with Crippen LogP contribution in [0.3, 0.4) is 0 Å². The van der Waals surface area contributed by atoms with Crippen LogP contribution >= 0.6 is 11.6 Å². The molecule has 14 heteroatoms. The second-order valence-corrected chi connectivity index (χ2v) is 4.57. The van der Waals surface area contributed by atoms with E-state index in [4.69, 9.17) is 16.3 Å². The van der Waals surface area contributed by atoms with Crippen molar-refractivity contribution in [1.82, 2.24) is 9.97 Å². The summed E-state index contributed by atoms with van der Waals surface area (Å²) in [6.07, 6.45) is -5.15. The van der Waals surface area contributed by atoms with Crippen LogP contribution in [-0.2, 0) is 0 Å². The van der Waals surface area contributed by atoms with Gasteiger partial charge in [0.2, 0.25) is 5.88 Å². The van der Waals surface area contributed by atoms with Crippen LogP contribution in [0.4, 0.5) is 41.1 Å². The molecule has 5 nitrogen and oxygen atoms in total. The molecule has 0 aliphatic carbocycles. The van der Waals surface area contributed by atoms with Gasteiger partial charge in [-0.3, -0.25) is 0 Å². The molecule has 0 bridgehead atoms. The lowest BCUT2D eigenvalue weighted by Crippen LogP contribution is -3.14. The standard InChI is InChI=1S/C10H8ClF8N3O2/c1-2-24-5-3-4(11)20-7(21-5)22(23)10(18,19)9(16,17)8(14,15)6(12)13/h3,6,22H,2H2,1H3. The molecule has 1 aromatic heterocycles. The van der Waals surface area contributed by atoms with Gasteiger partial charge in [-0.1, -0.05) is 11.6 Å². The Labute approximate surface area is 133 Å². The zero-order valence-corrected chi connectivity index (χ0v) is 12.2. The summed E-state index contributed by atoms with van der Waals surface area (Å²) in [4.78, 5) is 5.92. The number of aromatic nitrogens is 2. The summed E-state index contributed by atoms with van der Waals surface area (Å²) in [5.74, 6) is -15.5. The van der Waals surface area contributed by atoms with Gasteiger partial charge in [0, 0.05) is 6.07 Å².